The van der Waals surface area contributed by atoms with E-state index in [1.165, 1.54) is 25.9 Å². The van der Waals surface area contributed by atoms with Crippen molar-refractivity contribution in [2.75, 3.05) is 33.4 Å². The summed E-state index contributed by atoms with van der Waals surface area (Å²) >= 11 is 0. The van der Waals surface area contributed by atoms with Crippen LogP contribution < -0.4 is 14.8 Å². The standard InChI is InChI=1S/C20H31N5O2/c1-4-25-20(22-15-23-25)16(2)21-14-17-7-8-18(19(13-17)26-3)27-12-11-24-9-5-6-10-24/h7-8,13,15-16,21H,4-6,9-12,14H2,1-3H3/t16-/m0/s1. The van der Waals surface area contributed by atoms with Gasteiger partial charge in [-0.2, -0.15) is 5.10 Å². The molecule has 0 saturated carbocycles. The second-order valence-electron chi connectivity index (χ2n) is 6.92. The van der Waals surface area contributed by atoms with Crippen molar-refractivity contribution in [2.24, 2.45) is 0 Å². The lowest BCUT2D eigenvalue weighted by Crippen LogP contribution is -2.25. The Morgan fingerprint density at radius 1 is 1.22 bits per heavy atom. The van der Waals surface area contributed by atoms with Crippen LogP contribution in [0.3, 0.4) is 0 Å². The molecule has 0 amide bonds. The summed E-state index contributed by atoms with van der Waals surface area (Å²) in [7, 11) is 1.69. The Labute approximate surface area is 161 Å². The summed E-state index contributed by atoms with van der Waals surface area (Å²) in [6.45, 7) is 9.76. The third kappa shape index (κ3) is 5.20. The fraction of sp³-hybridized carbons (Fsp3) is 0.600. The highest BCUT2D eigenvalue weighted by Gasteiger charge is 2.14. The fourth-order valence-corrected chi connectivity index (χ4v) is 3.45. The van der Waals surface area contributed by atoms with Crippen molar-refractivity contribution in [3.8, 4) is 11.5 Å². The average Bonchev–Trinajstić information content (AvgIpc) is 3.38. The van der Waals surface area contributed by atoms with Gasteiger partial charge in [0.05, 0.1) is 13.2 Å². The monoisotopic (exact) mass is 373 g/mol. The Hall–Kier alpha value is -2.12. The van der Waals surface area contributed by atoms with Gasteiger partial charge in [0.25, 0.3) is 0 Å². The highest BCUT2D eigenvalue weighted by atomic mass is 16.5. The second kappa shape index (κ2) is 9.71. The van der Waals surface area contributed by atoms with Crippen LogP contribution in [-0.2, 0) is 13.1 Å². The molecular weight excluding hydrogens is 342 g/mol. The van der Waals surface area contributed by atoms with Crippen LogP contribution in [-0.4, -0.2) is 53.0 Å². The number of methoxy groups -OCH3 is 1. The molecule has 0 spiro atoms. The van der Waals surface area contributed by atoms with Crippen LogP contribution in [0, 0.1) is 0 Å². The van der Waals surface area contributed by atoms with Gasteiger partial charge >= 0.3 is 0 Å². The topological polar surface area (TPSA) is 64.4 Å². The average molecular weight is 374 g/mol. The maximum Gasteiger partial charge on any atom is 0.161 e. The predicted octanol–water partition coefficient (Wildman–Crippen LogP) is 2.63. The molecule has 0 radical (unpaired) electrons. The van der Waals surface area contributed by atoms with Crippen LogP contribution in [0.4, 0.5) is 0 Å². The first kappa shape index (κ1) is 19.6. The van der Waals surface area contributed by atoms with Crippen molar-refractivity contribution >= 4 is 0 Å². The third-order valence-corrected chi connectivity index (χ3v) is 5.04. The zero-order chi connectivity index (χ0) is 19.1. The number of hydrogen-bond acceptors (Lipinski definition) is 6. The summed E-state index contributed by atoms with van der Waals surface area (Å²) < 4.78 is 13.4. The molecule has 1 aromatic heterocycles. The Bertz CT molecular complexity index is 712. The normalized spacial score (nSPS) is 15.8. The molecule has 1 fully saturated rings. The smallest absolute Gasteiger partial charge is 0.161 e. The van der Waals surface area contributed by atoms with Crippen LogP contribution in [0.15, 0.2) is 24.5 Å². The summed E-state index contributed by atoms with van der Waals surface area (Å²) in [5.41, 5.74) is 1.15. The van der Waals surface area contributed by atoms with Crippen molar-refractivity contribution < 1.29 is 9.47 Å². The summed E-state index contributed by atoms with van der Waals surface area (Å²) in [6.07, 6.45) is 4.21. The van der Waals surface area contributed by atoms with Crippen molar-refractivity contribution in [1.82, 2.24) is 25.0 Å². The number of likely N-dealkylation sites (tertiary alicyclic amines) is 1. The van der Waals surface area contributed by atoms with E-state index in [2.05, 4.69) is 40.2 Å². The number of benzene rings is 1. The highest BCUT2D eigenvalue weighted by Crippen LogP contribution is 2.28. The van der Waals surface area contributed by atoms with Crippen LogP contribution >= 0.6 is 0 Å². The first-order valence-electron chi connectivity index (χ1n) is 9.84. The van der Waals surface area contributed by atoms with E-state index in [4.69, 9.17) is 9.47 Å². The fourth-order valence-electron chi connectivity index (χ4n) is 3.45. The minimum atomic E-state index is 0.120. The van der Waals surface area contributed by atoms with Gasteiger partial charge in [0.1, 0.15) is 18.8 Å². The summed E-state index contributed by atoms with van der Waals surface area (Å²) in [4.78, 5) is 6.80. The molecule has 1 saturated heterocycles. The van der Waals surface area contributed by atoms with Crippen molar-refractivity contribution in [3.05, 3.63) is 35.9 Å². The molecule has 1 aromatic carbocycles. The zero-order valence-corrected chi connectivity index (χ0v) is 16.6. The molecule has 2 aromatic rings. The molecule has 148 valence electrons. The van der Waals surface area contributed by atoms with E-state index in [9.17, 15) is 0 Å². The lowest BCUT2D eigenvalue weighted by Gasteiger charge is -2.17. The maximum atomic E-state index is 5.95. The summed E-state index contributed by atoms with van der Waals surface area (Å²) in [6, 6.07) is 6.24. The van der Waals surface area contributed by atoms with E-state index in [0.29, 0.717) is 6.61 Å². The second-order valence-corrected chi connectivity index (χ2v) is 6.92. The predicted molar refractivity (Wildman–Crippen MR) is 105 cm³/mol. The molecule has 3 rings (SSSR count). The van der Waals surface area contributed by atoms with Gasteiger partial charge < -0.3 is 14.8 Å². The van der Waals surface area contributed by atoms with Gasteiger partial charge in [-0.25, -0.2) is 9.67 Å². The van der Waals surface area contributed by atoms with E-state index >= 15 is 0 Å². The van der Waals surface area contributed by atoms with Gasteiger partial charge in [0.15, 0.2) is 11.5 Å². The number of rotatable bonds is 10. The molecule has 0 bridgehead atoms. The van der Waals surface area contributed by atoms with Crippen LogP contribution in [0.2, 0.25) is 0 Å². The maximum absolute atomic E-state index is 5.95. The van der Waals surface area contributed by atoms with E-state index in [0.717, 1.165) is 42.5 Å². The highest BCUT2D eigenvalue weighted by molar-refractivity contribution is 5.43. The zero-order valence-electron chi connectivity index (χ0n) is 16.6. The Morgan fingerprint density at radius 3 is 2.78 bits per heavy atom. The molecule has 1 N–H and O–H groups in total. The van der Waals surface area contributed by atoms with Crippen molar-refractivity contribution in [1.29, 1.82) is 0 Å². The van der Waals surface area contributed by atoms with E-state index in [-0.39, 0.29) is 6.04 Å². The minimum absolute atomic E-state index is 0.120. The Morgan fingerprint density at radius 2 is 2.04 bits per heavy atom. The number of ether oxygens (including phenoxy) is 2. The summed E-state index contributed by atoms with van der Waals surface area (Å²) in [5.74, 6) is 2.53. The number of aromatic nitrogens is 3. The molecule has 0 aliphatic carbocycles. The minimum Gasteiger partial charge on any atom is -0.493 e. The Balaban J connectivity index is 1.53. The lowest BCUT2D eigenvalue weighted by molar-refractivity contribution is 0.230. The molecule has 1 atom stereocenters. The van der Waals surface area contributed by atoms with Crippen LogP contribution in [0.5, 0.6) is 11.5 Å². The molecule has 1 aliphatic rings. The Kier molecular flexibility index (Phi) is 7.06. The molecule has 1 aliphatic heterocycles. The molecule has 27 heavy (non-hydrogen) atoms. The van der Waals surface area contributed by atoms with E-state index < -0.39 is 0 Å². The van der Waals surface area contributed by atoms with Crippen molar-refractivity contribution in [3.63, 3.8) is 0 Å². The number of aryl methyl sites for hydroxylation is 1. The number of nitrogens with one attached hydrogen (secondary N) is 1. The number of hydrogen-bond donors (Lipinski definition) is 1. The molecular formula is C20H31N5O2. The SMILES string of the molecule is CCn1ncnc1[C@H](C)NCc1ccc(OCCN2CCCC2)c(OC)c1. The largest absolute Gasteiger partial charge is 0.493 e. The first-order chi connectivity index (χ1) is 13.2. The lowest BCUT2D eigenvalue weighted by atomic mass is 10.2. The molecule has 7 nitrogen and oxygen atoms in total. The first-order valence-corrected chi connectivity index (χ1v) is 9.84. The third-order valence-electron chi connectivity index (χ3n) is 5.04. The van der Waals surface area contributed by atoms with Crippen LogP contribution in [0.25, 0.3) is 0 Å². The van der Waals surface area contributed by atoms with Gasteiger partial charge in [-0.15, -0.1) is 0 Å². The van der Waals surface area contributed by atoms with Gasteiger partial charge in [0, 0.05) is 19.6 Å². The van der Waals surface area contributed by atoms with E-state index in [1.807, 2.05) is 16.8 Å². The van der Waals surface area contributed by atoms with Crippen molar-refractivity contribution in [2.45, 2.75) is 45.8 Å². The number of nitrogens with zero attached hydrogens (tertiary/aromatic N) is 4. The van der Waals surface area contributed by atoms with Gasteiger partial charge in [-0.05, 0) is 57.5 Å². The summed E-state index contributed by atoms with van der Waals surface area (Å²) in [5, 5.41) is 7.73. The van der Waals surface area contributed by atoms with Gasteiger partial charge in [-0.3, -0.25) is 4.90 Å². The van der Waals surface area contributed by atoms with Gasteiger partial charge in [-0.1, -0.05) is 6.07 Å². The molecule has 0 unspecified atom stereocenters. The van der Waals surface area contributed by atoms with Crippen LogP contribution in [0.1, 0.15) is 44.1 Å². The van der Waals surface area contributed by atoms with E-state index in [1.54, 1.807) is 13.4 Å². The molecule has 7 heteroatoms. The quantitative estimate of drug-likeness (QED) is 0.691. The molecule has 2 heterocycles. The van der Waals surface area contributed by atoms with Gasteiger partial charge in [0.2, 0.25) is 0 Å².